The van der Waals surface area contributed by atoms with Gasteiger partial charge >= 0.3 is 0 Å². The molecule has 0 saturated carbocycles. The van der Waals surface area contributed by atoms with Crippen LogP contribution in [-0.2, 0) is 13.3 Å². The molecule has 0 atom stereocenters. The Kier molecular flexibility index (Phi) is 11.2. The molecule has 0 fully saturated rings. The van der Waals surface area contributed by atoms with Crippen molar-refractivity contribution in [2.45, 2.75) is 46.5 Å². The van der Waals surface area contributed by atoms with Gasteiger partial charge in [0.05, 0.1) is 0 Å². The molecule has 0 unspecified atom stereocenters. The van der Waals surface area contributed by atoms with Gasteiger partial charge in [-0.15, -0.1) is 11.6 Å². The fourth-order valence-corrected chi connectivity index (χ4v) is 4.43. The minimum Gasteiger partial charge on any atom is -0.382 e. The number of halogens is 1. The minimum atomic E-state index is -0.825. The first-order valence-electron chi connectivity index (χ1n) is 6.66. The first kappa shape index (κ1) is 19.3. The topological polar surface area (TPSA) is 27.7 Å². The predicted molar refractivity (Wildman–Crippen MR) is 91.8 cm³/mol. The van der Waals surface area contributed by atoms with Gasteiger partial charge in [0.15, 0.2) is 30.0 Å². The summed E-state index contributed by atoms with van der Waals surface area (Å²) in [7, 11) is -0.933. The summed E-state index contributed by atoms with van der Waals surface area (Å²) in [6.45, 7) is 8.26. The van der Waals surface area contributed by atoms with Crippen LogP contribution in [-0.4, -0.2) is 41.9 Å². The van der Waals surface area contributed by atoms with Crippen molar-refractivity contribution in [3.8, 4) is 0 Å². The van der Waals surface area contributed by atoms with E-state index in [0.717, 1.165) is 6.42 Å². The molecule has 0 radical (unpaired) electrons. The quantitative estimate of drug-likeness (QED) is 0.338. The Labute approximate surface area is 130 Å². The van der Waals surface area contributed by atoms with Gasteiger partial charge in [-0.25, -0.2) is 0 Å². The van der Waals surface area contributed by atoms with Gasteiger partial charge in [0.2, 0.25) is 0 Å². The Hall–Kier alpha value is 0.301. The maximum atomic E-state index is 6.04. The molecule has 0 aliphatic heterocycles. The van der Waals surface area contributed by atoms with Gasteiger partial charge in [0.1, 0.15) is 0 Å². The number of hydrogen-bond donors (Lipinski definition) is 0. The van der Waals surface area contributed by atoms with Crippen LogP contribution in [0, 0.1) is 0 Å². The highest BCUT2D eigenvalue weighted by Gasteiger charge is 2.30. The minimum absolute atomic E-state index is 0.598. The molecule has 0 aromatic heterocycles. The van der Waals surface area contributed by atoms with E-state index >= 15 is 0 Å². The van der Waals surface area contributed by atoms with Crippen molar-refractivity contribution in [1.82, 2.24) is 0 Å². The van der Waals surface area contributed by atoms with E-state index in [0.29, 0.717) is 22.8 Å². The van der Waals surface area contributed by atoms with Gasteiger partial charge < -0.3 is 13.3 Å². The third-order valence-electron chi connectivity index (χ3n) is 2.95. The fourth-order valence-electron chi connectivity index (χ4n) is 1.30. The van der Waals surface area contributed by atoms with Gasteiger partial charge in [-0.3, -0.25) is 0 Å². The lowest BCUT2D eigenvalue weighted by Crippen LogP contribution is -2.41. The molecule has 0 spiro atoms. The van der Waals surface area contributed by atoms with Crippen LogP contribution in [0.25, 0.3) is 0 Å². The molecule has 19 heavy (non-hydrogen) atoms. The zero-order valence-electron chi connectivity index (χ0n) is 12.8. The van der Waals surface area contributed by atoms with Crippen LogP contribution in [0.4, 0.5) is 0 Å². The highest BCUT2D eigenvalue weighted by atomic mass is 35.5. The van der Waals surface area contributed by atoms with E-state index in [2.05, 4.69) is 26.0 Å². The van der Waals surface area contributed by atoms with Crippen LogP contribution in [0.5, 0.6) is 0 Å². The molecule has 0 aliphatic rings. The van der Waals surface area contributed by atoms with Crippen molar-refractivity contribution >= 4 is 41.6 Å². The number of rotatable bonds is 10. The molecule has 0 saturated heterocycles. The van der Waals surface area contributed by atoms with Gasteiger partial charge in [-0.2, -0.15) is 0 Å². The summed E-state index contributed by atoms with van der Waals surface area (Å²) < 4.78 is 17.8. The normalized spacial score (nSPS) is 17.9. The average molecular weight is 339 g/mol. The highest BCUT2D eigenvalue weighted by molar-refractivity contribution is 6.39. The molecule has 0 heterocycles. The number of hydrogen-bond acceptors (Lipinski definition) is 3. The van der Waals surface area contributed by atoms with Crippen LogP contribution in [0.3, 0.4) is 0 Å². The Balaban J connectivity index is 4.66. The number of alkyl halides is 1. The van der Waals surface area contributed by atoms with Crippen LogP contribution in [0.1, 0.15) is 40.5 Å². The second-order valence-corrected chi connectivity index (χ2v) is 8.70. The molecule has 0 rings (SSSR count). The van der Waals surface area contributed by atoms with Gasteiger partial charge in [0.25, 0.3) is 5.97 Å². The second-order valence-electron chi connectivity index (χ2n) is 4.53. The zero-order valence-corrected chi connectivity index (χ0v) is 18.4. The predicted octanol–water partition coefficient (Wildman–Crippen LogP) is 1.00. The van der Waals surface area contributed by atoms with Crippen LogP contribution >= 0.6 is 11.6 Å². The zero-order chi connectivity index (χ0) is 14.7. The van der Waals surface area contributed by atoms with E-state index < -0.39 is 25.5 Å². The summed E-state index contributed by atoms with van der Waals surface area (Å²) in [5.74, 6) is -0.220. The van der Waals surface area contributed by atoms with Gasteiger partial charge in [-0.1, -0.05) is 22.5 Å². The molecule has 3 nitrogen and oxygen atoms in total. The fraction of sp³-hybridized carbons (Fsp3) is 0.667. The molecule has 0 aromatic rings. The first-order valence-corrected chi connectivity index (χ1v) is 10.6. The Bertz CT molecular complexity index is 287. The molecular weight excluding hydrogens is 312 g/mol. The van der Waals surface area contributed by atoms with Crippen molar-refractivity contribution in [1.29, 1.82) is 0 Å². The smallest absolute Gasteiger partial charge is 0.253 e. The molecule has 0 aliphatic carbocycles. The summed E-state index contributed by atoms with van der Waals surface area (Å²) in [5, 5.41) is 2.61. The Morgan fingerprint density at radius 3 is 1.95 bits per heavy atom. The summed E-state index contributed by atoms with van der Waals surface area (Å²) in [5.41, 5.74) is 0. The Morgan fingerprint density at radius 1 is 1.16 bits per heavy atom. The van der Waals surface area contributed by atoms with Crippen molar-refractivity contribution in [3.05, 3.63) is 22.5 Å². The third-order valence-corrected chi connectivity index (χ3v) is 6.74. The number of allylic oxidation sites excluding steroid dienone is 4. The molecular formula is C12H27ClO3Si3. The van der Waals surface area contributed by atoms with E-state index in [1.165, 1.54) is 10.4 Å². The second kappa shape index (κ2) is 11.0. The summed E-state index contributed by atoms with van der Waals surface area (Å²) in [6, 6.07) is 0. The monoisotopic (exact) mass is 338 g/mol. The van der Waals surface area contributed by atoms with Crippen LogP contribution < -0.4 is 0 Å². The van der Waals surface area contributed by atoms with E-state index in [9.17, 15) is 0 Å². The maximum Gasteiger partial charge on any atom is 0.253 e. The highest BCUT2D eigenvalue weighted by Crippen LogP contribution is 2.22. The molecule has 0 N–H and O–H groups in total. The van der Waals surface area contributed by atoms with E-state index in [1.54, 1.807) is 0 Å². The standard InChI is InChI=1S/C12H27ClO3Si3/c1-5-10(3)18-15-12(14-17,8-7-9-13)16-19-11(4)6-2/h5-6H,7-9,18-19H2,1-4,17H3. The molecule has 0 aromatic carbocycles. The summed E-state index contributed by atoms with van der Waals surface area (Å²) in [4.78, 5) is 0. The van der Waals surface area contributed by atoms with Crippen LogP contribution in [0.2, 0.25) is 0 Å². The van der Waals surface area contributed by atoms with E-state index in [1.807, 2.05) is 13.8 Å². The van der Waals surface area contributed by atoms with E-state index in [-0.39, 0.29) is 0 Å². The molecule has 0 bridgehead atoms. The van der Waals surface area contributed by atoms with Gasteiger partial charge in [-0.05, 0) is 34.1 Å². The average Bonchev–Trinajstić information content (AvgIpc) is 2.46. The summed E-state index contributed by atoms with van der Waals surface area (Å²) in [6.07, 6.45) is 5.75. The van der Waals surface area contributed by atoms with Crippen molar-refractivity contribution in [3.63, 3.8) is 0 Å². The van der Waals surface area contributed by atoms with Gasteiger partial charge in [0, 0.05) is 12.3 Å². The lowest BCUT2D eigenvalue weighted by Gasteiger charge is -2.34. The summed E-state index contributed by atoms with van der Waals surface area (Å²) >= 11 is 5.79. The largest absolute Gasteiger partial charge is 0.382 e. The molecule has 112 valence electrons. The van der Waals surface area contributed by atoms with Crippen molar-refractivity contribution in [2.24, 2.45) is 0 Å². The SMILES string of the molecule is CC=C(C)[SiH2]OC(CCCCl)(O[SiH3])O[SiH2]C(C)=CC. The van der Waals surface area contributed by atoms with E-state index in [4.69, 9.17) is 24.9 Å². The first-order chi connectivity index (χ1) is 9.03. The van der Waals surface area contributed by atoms with Crippen molar-refractivity contribution in [2.75, 3.05) is 5.88 Å². The lowest BCUT2D eigenvalue weighted by molar-refractivity contribution is -0.256. The lowest BCUT2D eigenvalue weighted by atomic mass is 10.3. The van der Waals surface area contributed by atoms with Crippen molar-refractivity contribution < 1.29 is 13.3 Å². The Morgan fingerprint density at radius 2 is 1.63 bits per heavy atom. The molecule has 7 heteroatoms. The van der Waals surface area contributed by atoms with Crippen LogP contribution in [0.15, 0.2) is 22.5 Å². The maximum absolute atomic E-state index is 6.04. The molecule has 0 amide bonds. The third kappa shape index (κ3) is 8.23.